The number of anilines is 1. The molecule has 0 unspecified atom stereocenters. The Bertz CT molecular complexity index is 642. The molecule has 1 aromatic heterocycles. The maximum absolute atomic E-state index is 12.6. The van der Waals surface area contributed by atoms with Crippen LogP contribution in [-0.2, 0) is 10.0 Å². The highest BCUT2D eigenvalue weighted by Gasteiger charge is 2.13. The topological polar surface area (TPSA) is 59.1 Å². The van der Waals surface area contributed by atoms with E-state index in [4.69, 9.17) is 0 Å². The van der Waals surface area contributed by atoms with E-state index < -0.39 is 16.0 Å². The molecule has 2 rings (SSSR count). The van der Waals surface area contributed by atoms with Crippen LogP contribution >= 0.6 is 22.6 Å². The molecular weight excluding hydrogens is 370 g/mol. The summed E-state index contributed by atoms with van der Waals surface area (Å²) in [5, 5.41) is 0. The van der Waals surface area contributed by atoms with Crippen LogP contribution < -0.4 is 4.72 Å². The zero-order valence-corrected chi connectivity index (χ0v) is 11.9. The molecule has 0 aliphatic heterocycles. The maximum Gasteiger partial charge on any atom is 0.261 e. The van der Waals surface area contributed by atoms with Gasteiger partial charge in [0.2, 0.25) is 5.95 Å². The number of hydrogen-bond donors (Lipinski definition) is 1. The van der Waals surface area contributed by atoms with Gasteiger partial charge in [0.1, 0.15) is 0 Å². The SMILES string of the molecule is O=S(=O)(Nc1ccc(F)nc1)c1ccc(I)cc1. The first-order valence-corrected chi connectivity index (χ1v) is 7.43. The Morgan fingerprint density at radius 1 is 1.11 bits per heavy atom. The summed E-state index contributed by atoms with van der Waals surface area (Å²) in [7, 11) is -3.66. The highest BCUT2D eigenvalue weighted by atomic mass is 127. The average molecular weight is 378 g/mol. The fourth-order valence-electron chi connectivity index (χ4n) is 1.26. The number of rotatable bonds is 3. The molecule has 0 saturated heterocycles. The summed E-state index contributed by atoms with van der Waals surface area (Å²) in [4.78, 5) is 3.52. The molecule has 0 aliphatic carbocycles. The van der Waals surface area contributed by atoms with Gasteiger partial charge < -0.3 is 0 Å². The van der Waals surface area contributed by atoms with Gasteiger partial charge in [0.05, 0.1) is 16.8 Å². The minimum Gasteiger partial charge on any atom is -0.278 e. The third-order valence-corrected chi connectivity index (χ3v) is 4.22. The number of benzene rings is 1. The van der Waals surface area contributed by atoms with Gasteiger partial charge in [0.15, 0.2) is 0 Å². The molecule has 1 heterocycles. The van der Waals surface area contributed by atoms with Crippen molar-refractivity contribution in [3.05, 3.63) is 52.1 Å². The van der Waals surface area contributed by atoms with Crippen LogP contribution in [0, 0.1) is 9.52 Å². The number of aromatic nitrogens is 1. The maximum atomic E-state index is 12.6. The number of hydrogen-bond acceptors (Lipinski definition) is 3. The van der Waals surface area contributed by atoms with Gasteiger partial charge in [-0.05, 0) is 59.0 Å². The van der Waals surface area contributed by atoms with Crippen molar-refractivity contribution in [2.24, 2.45) is 0 Å². The van der Waals surface area contributed by atoms with Crippen molar-refractivity contribution < 1.29 is 12.8 Å². The van der Waals surface area contributed by atoms with Crippen LogP contribution in [0.15, 0.2) is 47.5 Å². The molecule has 1 aromatic carbocycles. The number of nitrogens with one attached hydrogen (secondary N) is 1. The summed E-state index contributed by atoms with van der Waals surface area (Å²) in [6, 6.07) is 8.79. The lowest BCUT2D eigenvalue weighted by molar-refractivity contribution is 0.583. The molecule has 4 nitrogen and oxygen atoms in total. The van der Waals surface area contributed by atoms with Crippen LogP contribution in [0.2, 0.25) is 0 Å². The zero-order valence-electron chi connectivity index (χ0n) is 8.97. The number of halogens is 2. The molecule has 0 atom stereocenters. The third-order valence-electron chi connectivity index (χ3n) is 2.10. The Morgan fingerprint density at radius 2 is 1.78 bits per heavy atom. The van der Waals surface area contributed by atoms with Crippen LogP contribution in [0.25, 0.3) is 0 Å². The van der Waals surface area contributed by atoms with Gasteiger partial charge in [-0.15, -0.1) is 0 Å². The fourth-order valence-corrected chi connectivity index (χ4v) is 2.67. The van der Waals surface area contributed by atoms with E-state index in [1.165, 1.54) is 18.2 Å². The average Bonchev–Trinajstić information content (AvgIpc) is 2.32. The number of sulfonamides is 1. The molecule has 0 saturated carbocycles. The third kappa shape index (κ3) is 3.16. The Kier molecular flexibility index (Phi) is 3.81. The molecular formula is C11H8FIN2O2S. The van der Waals surface area contributed by atoms with Crippen LogP contribution in [0.4, 0.5) is 10.1 Å². The van der Waals surface area contributed by atoms with Gasteiger partial charge in [0, 0.05) is 3.57 Å². The van der Waals surface area contributed by atoms with Crippen molar-refractivity contribution in [3.63, 3.8) is 0 Å². The van der Waals surface area contributed by atoms with E-state index in [0.717, 1.165) is 15.8 Å². The zero-order chi connectivity index (χ0) is 13.2. The summed E-state index contributed by atoms with van der Waals surface area (Å²) in [5.74, 6) is -0.660. The van der Waals surface area contributed by atoms with Gasteiger partial charge in [0.25, 0.3) is 10.0 Å². The smallest absolute Gasteiger partial charge is 0.261 e. The predicted molar refractivity (Wildman–Crippen MR) is 74.2 cm³/mol. The lowest BCUT2D eigenvalue weighted by Gasteiger charge is -2.07. The van der Waals surface area contributed by atoms with E-state index in [2.05, 4.69) is 32.3 Å². The van der Waals surface area contributed by atoms with Crippen molar-refractivity contribution in [1.82, 2.24) is 4.98 Å². The monoisotopic (exact) mass is 378 g/mol. The molecule has 0 bridgehead atoms. The van der Waals surface area contributed by atoms with Gasteiger partial charge in [-0.2, -0.15) is 4.39 Å². The van der Waals surface area contributed by atoms with Crippen molar-refractivity contribution in [3.8, 4) is 0 Å². The van der Waals surface area contributed by atoms with E-state index in [1.807, 2.05) is 0 Å². The van der Waals surface area contributed by atoms with Gasteiger partial charge >= 0.3 is 0 Å². The van der Waals surface area contributed by atoms with E-state index in [0.29, 0.717) is 0 Å². The fraction of sp³-hybridized carbons (Fsp3) is 0. The first-order chi connectivity index (χ1) is 8.47. The molecule has 0 aliphatic rings. The van der Waals surface area contributed by atoms with Gasteiger partial charge in [-0.1, -0.05) is 0 Å². The Morgan fingerprint density at radius 3 is 2.33 bits per heavy atom. The van der Waals surface area contributed by atoms with E-state index in [-0.39, 0.29) is 10.6 Å². The van der Waals surface area contributed by atoms with Crippen molar-refractivity contribution in [2.75, 3.05) is 4.72 Å². The largest absolute Gasteiger partial charge is 0.278 e. The molecule has 2 aromatic rings. The van der Waals surface area contributed by atoms with Gasteiger partial charge in [-0.25, -0.2) is 13.4 Å². The second-order valence-corrected chi connectivity index (χ2v) is 6.36. The van der Waals surface area contributed by atoms with Crippen LogP contribution in [0.1, 0.15) is 0 Å². The quantitative estimate of drug-likeness (QED) is 0.660. The highest BCUT2D eigenvalue weighted by molar-refractivity contribution is 14.1. The molecule has 0 spiro atoms. The van der Waals surface area contributed by atoms with Crippen LogP contribution in [-0.4, -0.2) is 13.4 Å². The highest BCUT2D eigenvalue weighted by Crippen LogP contribution is 2.16. The van der Waals surface area contributed by atoms with E-state index in [9.17, 15) is 12.8 Å². The molecule has 18 heavy (non-hydrogen) atoms. The Balaban J connectivity index is 2.27. The molecule has 1 N–H and O–H groups in total. The molecule has 7 heteroatoms. The van der Waals surface area contributed by atoms with Crippen molar-refractivity contribution >= 4 is 38.3 Å². The first kappa shape index (κ1) is 13.2. The van der Waals surface area contributed by atoms with Crippen molar-refractivity contribution in [1.29, 1.82) is 0 Å². The van der Waals surface area contributed by atoms with Crippen LogP contribution in [0.3, 0.4) is 0 Å². The summed E-state index contributed by atoms with van der Waals surface area (Å²) >= 11 is 2.08. The molecule has 0 radical (unpaired) electrons. The van der Waals surface area contributed by atoms with Crippen molar-refractivity contribution in [2.45, 2.75) is 4.90 Å². The van der Waals surface area contributed by atoms with Gasteiger partial charge in [-0.3, -0.25) is 4.72 Å². The Hall–Kier alpha value is -1.22. The van der Waals surface area contributed by atoms with E-state index in [1.54, 1.807) is 12.1 Å². The minimum absolute atomic E-state index is 0.146. The summed E-state index contributed by atoms with van der Waals surface area (Å²) in [6.45, 7) is 0. The lowest BCUT2D eigenvalue weighted by Crippen LogP contribution is -2.13. The number of pyridine rings is 1. The number of nitrogens with zero attached hydrogens (tertiary/aromatic N) is 1. The standard InChI is InChI=1S/C11H8FIN2O2S/c12-11-6-3-9(7-14-11)15-18(16,17)10-4-1-8(13)2-5-10/h1-7,15H. The summed E-state index contributed by atoms with van der Waals surface area (Å²) in [6.07, 6.45) is 1.12. The first-order valence-electron chi connectivity index (χ1n) is 4.87. The molecule has 0 amide bonds. The predicted octanol–water partition coefficient (Wildman–Crippen LogP) is 2.63. The summed E-state index contributed by atoms with van der Waals surface area (Å²) < 4.78 is 39.8. The second kappa shape index (κ2) is 5.19. The lowest BCUT2D eigenvalue weighted by atomic mass is 10.4. The summed E-state index contributed by atoms with van der Waals surface area (Å²) in [5.41, 5.74) is 0.218. The molecule has 94 valence electrons. The Labute approximate surface area is 117 Å². The van der Waals surface area contributed by atoms with E-state index >= 15 is 0 Å². The second-order valence-electron chi connectivity index (χ2n) is 3.43. The normalized spacial score (nSPS) is 11.2. The van der Waals surface area contributed by atoms with Crippen LogP contribution in [0.5, 0.6) is 0 Å². The minimum atomic E-state index is -3.66. The molecule has 0 fully saturated rings.